The van der Waals surface area contributed by atoms with Crippen molar-refractivity contribution in [2.24, 2.45) is 0 Å². The molecule has 2 aliphatic heterocycles. The number of hydrogen-bond donors (Lipinski definition) is 0. The fourth-order valence-electron chi connectivity index (χ4n) is 3.91. The number of ether oxygens (including phenoxy) is 2. The second-order valence-corrected chi connectivity index (χ2v) is 7.45. The minimum atomic E-state index is -0.587. The molecule has 2 aromatic carbocycles. The number of hydrogen-bond acceptors (Lipinski definition) is 4. The minimum Gasteiger partial charge on any atom is -0.484 e. The highest BCUT2D eigenvalue weighted by molar-refractivity contribution is 5.95. The van der Waals surface area contributed by atoms with Crippen molar-refractivity contribution in [3.8, 4) is 5.75 Å². The van der Waals surface area contributed by atoms with Gasteiger partial charge in [0.2, 0.25) is 0 Å². The van der Waals surface area contributed by atoms with Gasteiger partial charge >= 0.3 is 0 Å². The first-order valence-electron chi connectivity index (χ1n) is 9.70. The zero-order valence-corrected chi connectivity index (χ0v) is 16.1. The minimum absolute atomic E-state index is 0.00326. The molecule has 0 saturated carbocycles. The van der Waals surface area contributed by atoms with E-state index in [1.807, 2.05) is 30.3 Å². The highest BCUT2D eigenvalue weighted by Crippen LogP contribution is 2.31. The number of nitrogens with zero attached hydrogens (tertiary/aromatic N) is 2. The number of carbonyl (C=O) groups excluding carboxylic acids is 2. The Kier molecular flexibility index (Phi) is 5.49. The van der Waals surface area contributed by atoms with Gasteiger partial charge in [-0.2, -0.15) is 0 Å². The smallest absolute Gasteiger partial charge is 0.260 e. The normalized spacial score (nSPS) is 22.0. The average Bonchev–Trinajstić information content (AvgIpc) is 2.75. The van der Waals surface area contributed by atoms with Gasteiger partial charge in [0.05, 0.1) is 13.1 Å². The SMILES string of the molecule is O=C(COc1cccc(F)c1)N1CCCC2(C1)CN(c1ccccc1)C(=O)CO2. The third kappa shape index (κ3) is 4.40. The largest absolute Gasteiger partial charge is 0.484 e. The number of para-hydroxylation sites is 1. The Morgan fingerprint density at radius 1 is 1.14 bits per heavy atom. The number of morpholine rings is 1. The van der Waals surface area contributed by atoms with Crippen molar-refractivity contribution in [2.45, 2.75) is 18.4 Å². The van der Waals surface area contributed by atoms with Crippen LogP contribution in [0, 0.1) is 5.82 Å². The molecule has 2 fully saturated rings. The maximum Gasteiger partial charge on any atom is 0.260 e. The van der Waals surface area contributed by atoms with Crippen LogP contribution in [0.15, 0.2) is 54.6 Å². The van der Waals surface area contributed by atoms with E-state index in [0.717, 1.165) is 18.5 Å². The van der Waals surface area contributed by atoms with Gasteiger partial charge in [-0.3, -0.25) is 9.59 Å². The quantitative estimate of drug-likeness (QED) is 0.795. The number of rotatable bonds is 4. The van der Waals surface area contributed by atoms with E-state index in [1.165, 1.54) is 18.2 Å². The van der Waals surface area contributed by atoms with Gasteiger partial charge in [0.15, 0.2) is 6.61 Å². The van der Waals surface area contributed by atoms with Crippen molar-refractivity contribution in [3.05, 3.63) is 60.4 Å². The molecule has 6 nitrogen and oxygen atoms in total. The molecule has 1 spiro atoms. The maximum absolute atomic E-state index is 13.3. The summed E-state index contributed by atoms with van der Waals surface area (Å²) in [5, 5.41) is 0. The molecule has 4 rings (SSSR count). The van der Waals surface area contributed by atoms with Crippen LogP contribution in [0.25, 0.3) is 0 Å². The van der Waals surface area contributed by atoms with Crippen LogP contribution < -0.4 is 9.64 Å². The van der Waals surface area contributed by atoms with E-state index < -0.39 is 11.4 Å². The second kappa shape index (κ2) is 8.21. The average molecular weight is 398 g/mol. The van der Waals surface area contributed by atoms with Gasteiger partial charge in [0.1, 0.15) is 23.8 Å². The molecule has 1 atom stereocenters. The molecule has 2 amide bonds. The second-order valence-electron chi connectivity index (χ2n) is 7.45. The first-order valence-corrected chi connectivity index (χ1v) is 9.70. The summed E-state index contributed by atoms with van der Waals surface area (Å²) in [6.45, 7) is 1.24. The van der Waals surface area contributed by atoms with E-state index in [2.05, 4.69) is 0 Å². The van der Waals surface area contributed by atoms with Gasteiger partial charge in [-0.05, 0) is 37.1 Å². The van der Waals surface area contributed by atoms with E-state index in [4.69, 9.17) is 9.47 Å². The van der Waals surface area contributed by atoms with Crippen molar-refractivity contribution < 1.29 is 23.5 Å². The zero-order valence-electron chi connectivity index (χ0n) is 16.1. The zero-order chi connectivity index (χ0) is 20.3. The molecule has 0 N–H and O–H groups in total. The number of carbonyl (C=O) groups is 2. The molecule has 2 aromatic rings. The predicted octanol–water partition coefficient (Wildman–Crippen LogP) is 2.63. The van der Waals surface area contributed by atoms with Crippen LogP contribution in [0.5, 0.6) is 5.75 Å². The molecule has 7 heteroatoms. The summed E-state index contributed by atoms with van der Waals surface area (Å²) in [7, 11) is 0. The third-order valence-corrected chi connectivity index (χ3v) is 5.37. The van der Waals surface area contributed by atoms with Crippen LogP contribution >= 0.6 is 0 Å². The van der Waals surface area contributed by atoms with Crippen LogP contribution in [0.4, 0.5) is 10.1 Å². The molecule has 152 valence electrons. The fourth-order valence-corrected chi connectivity index (χ4v) is 3.91. The van der Waals surface area contributed by atoms with Gasteiger partial charge < -0.3 is 19.3 Å². The molecule has 2 heterocycles. The first kappa shape index (κ1) is 19.4. The molecular formula is C22H23FN2O4. The Balaban J connectivity index is 1.41. The summed E-state index contributed by atoms with van der Waals surface area (Å²) in [6.07, 6.45) is 1.56. The third-order valence-electron chi connectivity index (χ3n) is 5.37. The van der Waals surface area contributed by atoms with Crippen molar-refractivity contribution >= 4 is 17.5 Å². The van der Waals surface area contributed by atoms with Gasteiger partial charge in [-0.25, -0.2) is 4.39 Å². The summed E-state index contributed by atoms with van der Waals surface area (Å²) in [6, 6.07) is 15.2. The van der Waals surface area contributed by atoms with Crippen molar-refractivity contribution in [1.29, 1.82) is 0 Å². The first-order chi connectivity index (χ1) is 14.0. The van der Waals surface area contributed by atoms with Crippen molar-refractivity contribution in [2.75, 3.05) is 37.7 Å². The Labute approximate surface area is 168 Å². The number of benzene rings is 2. The molecule has 1 unspecified atom stereocenters. The van der Waals surface area contributed by atoms with Gasteiger partial charge in [-0.15, -0.1) is 0 Å². The molecule has 29 heavy (non-hydrogen) atoms. The summed E-state index contributed by atoms with van der Waals surface area (Å²) in [4.78, 5) is 28.5. The van der Waals surface area contributed by atoms with Crippen molar-refractivity contribution in [1.82, 2.24) is 4.90 Å². The van der Waals surface area contributed by atoms with E-state index in [0.29, 0.717) is 25.4 Å². The molecule has 2 saturated heterocycles. The lowest BCUT2D eigenvalue weighted by molar-refractivity contribution is -0.154. The van der Waals surface area contributed by atoms with Crippen LogP contribution in [-0.2, 0) is 14.3 Å². The van der Waals surface area contributed by atoms with E-state index >= 15 is 0 Å². The Morgan fingerprint density at radius 3 is 2.76 bits per heavy atom. The topological polar surface area (TPSA) is 59.1 Å². The lowest BCUT2D eigenvalue weighted by Gasteiger charge is -2.47. The van der Waals surface area contributed by atoms with E-state index in [1.54, 1.807) is 15.9 Å². The van der Waals surface area contributed by atoms with Crippen LogP contribution in [-0.4, -0.2) is 55.2 Å². The van der Waals surface area contributed by atoms with E-state index in [-0.39, 0.29) is 25.0 Å². The van der Waals surface area contributed by atoms with Crippen LogP contribution in [0.1, 0.15) is 12.8 Å². The Morgan fingerprint density at radius 2 is 1.97 bits per heavy atom. The molecule has 0 aromatic heterocycles. The molecule has 2 aliphatic rings. The Hall–Kier alpha value is -2.93. The predicted molar refractivity (Wildman–Crippen MR) is 105 cm³/mol. The van der Waals surface area contributed by atoms with Crippen LogP contribution in [0.2, 0.25) is 0 Å². The Bertz CT molecular complexity index is 891. The summed E-state index contributed by atoms with van der Waals surface area (Å²) >= 11 is 0. The number of amides is 2. The van der Waals surface area contributed by atoms with Gasteiger partial charge in [-0.1, -0.05) is 24.3 Å². The monoisotopic (exact) mass is 398 g/mol. The lowest BCUT2D eigenvalue weighted by Crippen LogP contribution is -2.62. The highest BCUT2D eigenvalue weighted by Gasteiger charge is 2.44. The summed E-state index contributed by atoms with van der Waals surface area (Å²) < 4.78 is 24.7. The summed E-state index contributed by atoms with van der Waals surface area (Å²) in [5.74, 6) is -0.354. The number of anilines is 1. The number of halogens is 1. The highest BCUT2D eigenvalue weighted by atomic mass is 19.1. The number of piperidine rings is 1. The molecule has 0 bridgehead atoms. The molecule has 0 aliphatic carbocycles. The van der Waals surface area contributed by atoms with Gasteiger partial charge in [0.25, 0.3) is 11.8 Å². The van der Waals surface area contributed by atoms with Crippen LogP contribution in [0.3, 0.4) is 0 Å². The fraction of sp³-hybridized carbons (Fsp3) is 0.364. The molecule has 0 radical (unpaired) electrons. The molecular weight excluding hydrogens is 375 g/mol. The maximum atomic E-state index is 13.3. The standard InChI is InChI=1S/C22H23FN2O4/c23-17-6-4-9-19(12-17)28-13-20(26)24-11-5-10-22(15-24)16-25(21(27)14-29-22)18-7-2-1-3-8-18/h1-4,6-9,12H,5,10-11,13-16H2. The van der Waals surface area contributed by atoms with Crippen molar-refractivity contribution in [3.63, 3.8) is 0 Å². The van der Waals surface area contributed by atoms with E-state index in [9.17, 15) is 14.0 Å². The number of likely N-dealkylation sites (tertiary alicyclic amines) is 1. The van der Waals surface area contributed by atoms with Gasteiger partial charge in [0, 0.05) is 18.3 Å². The lowest BCUT2D eigenvalue weighted by atomic mass is 9.90. The summed E-state index contributed by atoms with van der Waals surface area (Å²) in [5.41, 5.74) is 0.245.